The van der Waals surface area contributed by atoms with E-state index in [9.17, 15) is 10.1 Å². The Hall–Kier alpha value is -4.44. The van der Waals surface area contributed by atoms with Crippen LogP contribution in [0, 0.1) is 10.1 Å². The molecule has 6 rings (SSSR count). The molecular weight excluding hydrogens is 468 g/mol. The van der Waals surface area contributed by atoms with Crippen molar-refractivity contribution in [2.24, 2.45) is 0 Å². The first-order valence-corrected chi connectivity index (χ1v) is 11.2. The van der Waals surface area contributed by atoms with E-state index >= 15 is 0 Å². The molecular formula is C25H18N4O5S. The number of fused-ring (bicyclic) bond motifs is 1. The number of hydrogen-bond acceptors (Lipinski definition) is 7. The molecule has 0 aliphatic carbocycles. The molecule has 1 saturated heterocycles. The van der Waals surface area contributed by atoms with Crippen LogP contribution in [0.5, 0.6) is 11.5 Å². The van der Waals surface area contributed by atoms with Crippen molar-refractivity contribution in [1.29, 1.82) is 0 Å². The third-order valence-corrected chi connectivity index (χ3v) is 6.33. The molecule has 2 aromatic carbocycles. The van der Waals surface area contributed by atoms with Gasteiger partial charge >= 0.3 is 0 Å². The predicted octanol–water partition coefficient (Wildman–Crippen LogP) is 5.16. The molecule has 2 aromatic heterocycles. The van der Waals surface area contributed by atoms with Crippen LogP contribution in [0.25, 0.3) is 11.3 Å². The van der Waals surface area contributed by atoms with Crippen molar-refractivity contribution in [2.45, 2.75) is 12.1 Å². The summed E-state index contributed by atoms with van der Waals surface area (Å²) in [4.78, 5) is 17.6. The maximum atomic E-state index is 11.6. The third-order valence-electron chi connectivity index (χ3n) is 6.02. The molecule has 10 heteroatoms. The van der Waals surface area contributed by atoms with Crippen molar-refractivity contribution >= 4 is 28.7 Å². The number of para-hydroxylation sites is 1. The third kappa shape index (κ3) is 3.64. The van der Waals surface area contributed by atoms with Crippen molar-refractivity contribution in [3.8, 4) is 22.8 Å². The van der Waals surface area contributed by atoms with Gasteiger partial charge in [0.25, 0.3) is 5.69 Å². The van der Waals surface area contributed by atoms with Gasteiger partial charge in [0.1, 0.15) is 17.6 Å². The molecule has 0 spiro atoms. The molecule has 0 bridgehead atoms. The summed E-state index contributed by atoms with van der Waals surface area (Å²) in [6.07, 6.45) is 1.72. The van der Waals surface area contributed by atoms with Crippen LogP contribution < -0.4 is 19.7 Å². The van der Waals surface area contributed by atoms with E-state index in [-0.39, 0.29) is 18.5 Å². The fourth-order valence-electron chi connectivity index (χ4n) is 4.45. The van der Waals surface area contributed by atoms with E-state index in [2.05, 4.69) is 10.3 Å². The minimum absolute atomic E-state index is 0.0256. The van der Waals surface area contributed by atoms with E-state index in [1.807, 2.05) is 47.4 Å². The number of benzene rings is 2. The summed E-state index contributed by atoms with van der Waals surface area (Å²) >= 11 is 5.74. The highest BCUT2D eigenvalue weighted by molar-refractivity contribution is 7.80. The minimum Gasteiger partial charge on any atom is -0.459 e. The van der Waals surface area contributed by atoms with Crippen LogP contribution in [-0.2, 0) is 0 Å². The molecule has 4 aromatic rings. The number of rotatable bonds is 5. The van der Waals surface area contributed by atoms with E-state index in [1.165, 1.54) is 6.07 Å². The smallest absolute Gasteiger partial charge is 0.280 e. The van der Waals surface area contributed by atoms with Gasteiger partial charge < -0.3 is 24.1 Å². The summed E-state index contributed by atoms with van der Waals surface area (Å²) in [5.41, 5.74) is 1.95. The lowest BCUT2D eigenvalue weighted by atomic mass is 10.0. The average molecular weight is 487 g/mol. The number of nitrogens with one attached hydrogen (secondary N) is 1. The predicted molar refractivity (Wildman–Crippen MR) is 131 cm³/mol. The van der Waals surface area contributed by atoms with Gasteiger partial charge in [-0.2, -0.15) is 0 Å². The second-order valence-corrected chi connectivity index (χ2v) is 8.40. The van der Waals surface area contributed by atoms with Crippen LogP contribution in [0.3, 0.4) is 0 Å². The fraction of sp³-hybridized carbons (Fsp3) is 0.120. The highest BCUT2D eigenvalue weighted by atomic mass is 32.1. The number of anilines is 1. The molecule has 35 heavy (non-hydrogen) atoms. The molecule has 0 unspecified atom stereocenters. The van der Waals surface area contributed by atoms with E-state index in [1.54, 1.807) is 30.5 Å². The van der Waals surface area contributed by atoms with Crippen molar-refractivity contribution in [1.82, 2.24) is 10.3 Å². The van der Waals surface area contributed by atoms with Crippen LogP contribution in [0.4, 0.5) is 11.4 Å². The van der Waals surface area contributed by atoms with Crippen LogP contribution in [-0.4, -0.2) is 21.8 Å². The Bertz CT molecular complexity index is 1440. The van der Waals surface area contributed by atoms with Crippen molar-refractivity contribution < 1.29 is 18.8 Å². The zero-order valence-electron chi connectivity index (χ0n) is 18.2. The number of furan rings is 1. The monoisotopic (exact) mass is 486 g/mol. The molecule has 1 fully saturated rings. The number of thiocarbonyl (C=S) groups is 1. The second kappa shape index (κ2) is 8.41. The Labute approximate surface area is 205 Å². The molecule has 2 aliphatic rings. The van der Waals surface area contributed by atoms with Gasteiger partial charge in [-0.3, -0.25) is 15.1 Å². The van der Waals surface area contributed by atoms with Crippen LogP contribution in [0.1, 0.15) is 23.5 Å². The number of nitro benzene ring substituents is 1. The maximum Gasteiger partial charge on any atom is 0.280 e. The summed E-state index contributed by atoms with van der Waals surface area (Å²) in [7, 11) is 0. The first-order valence-electron chi connectivity index (χ1n) is 10.8. The number of nitro groups is 1. The van der Waals surface area contributed by atoms with Gasteiger partial charge in [0.2, 0.25) is 6.79 Å². The van der Waals surface area contributed by atoms with Crippen molar-refractivity contribution in [2.75, 3.05) is 11.7 Å². The van der Waals surface area contributed by atoms with Crippen molar-refractivity contribution in [3.63, 3.8) is 0 Å². The lowest BCUT2D eigenvalue weighted by Gasteiger charge is -2.26. The zero-order chi connectivity index (χ0) is 23.9. The summed E-state index contributed by atoms with van der Waals surface area (Å²) in [6, 6.07) is 20.6. The van der Waals surface area contributed by atoms with Gasteiger partial charge in [-0.25, -0.2) is 0 Å². The SMILES string of the molecule is O=[N+]([O-])c1ccccc1-c1ccc([C@@H]2[C@H](c3ccccn3)NC(=S)N2c2ccc3c(c2)OCO3)o1. The van der Waals surface area contributed by atoms with Crippen LogP contribution in [0.2, 0.25) is 0 Å². The number of aromatic nitrogens is 1. The van der Waals surface area contributed by atoms with Gasteiger partial charge in [0.05, 0.1) is 22.2 Å². The molecule has 4 heterocycles. The lowest BCUT2D eigenvalue weighted by molar-refractivity contribution is -0.384. The highest BCUT2D eigenvalue weighted by Crippen LogP contribution is 2.45. The van der Waals surface area contributed by atoms with Gasteiger partial charge in [-0.1, -0.05) is 18.2 Å². The van der Waals surface area contributed by atoms with Gasteiger partial charge in [-0.05, 0) is 54.7 Å². The zero-order valence-corrected chi connectivity index (χ0v) is 19.0. The first-order chi connectivity index (χ1) is 17.1. The van der Waals surface area contributed by atoms with E-state index in [4.69, 9.17) is 26.1 Å². The van der Waals surface area contributed by atoms with Gasteiger partial charge in [0.15, 0.2) is 16.6 Å². The Morgan fingerprint density at radius 2 is 1.86 bits per heavy atom. The standard InChI is InChI=1S/C25H18N4O5S/c30-29(31)18-7-2-1-5-16(18)19-10-11-21(34-19)24-23(17-6-3-4-12-26-17)27-25(35)28(24)15-8-9-20-22(13-15)33-14-32-20/h1-13,23-24H,14H2,(H,27,35)/t23-,24+/m0/s1. The normalized spacial score (nSPS) is 18.5. The number of hydrogen-bond donors (Lipinski definition) is 1. The fourth-order valence-corrected chi connectivity index (χ4v) is 4.80. The summed E-state index contributed by atoms with van der Waals surface area (Å²) in [5.74, 6) is 2.28. The quantitative estimate of drug-likeness (QED) is 0.233. The van der Waals surface area contributed by atoms with Crippen LogP contribution >= 0.6 is 12.2 Å². The number of ether oxygens (including phenoxy) is 2. The molecule has 1 N–H and O–H groups in total. The number of pyridine rings is 1. The summed E-state index contributed by atoms with van der Waals surface area (Å²) in [5, 5.41) is 15.4. The largest absolute Gasteiger partial charge is 0.459 e. The minimum atomic E-state index is -0.417. The van der Waals surface area contributed by atoms with E-state index in [0.717, 1.165) is 11.4 Å². The molecule has 2 aliphatic heterocycles. The number of nitrogens with zero attached hydrogens (tertiary/aromatic N) is 3. The van der Waals surface area contributed by atoms with Gasteiger partial charge in [-0.15, -0.1) is 0 Å². The van der Waals surface area contributed by atoms with E-state index in [0.29, 0.717) is 33.7 Å². The van der Waals surface area contributed by atoms with E-state index < -0.39 is 11.0 Å². The molecule has 0 amide bonds. The maximum absolute atomic E-state index is 11.6. The summed E-state index contributed by atoms with van der Waals surface area (Å²) < 4.78 is 17.3. The Balaban J connectivity index is 1.46. The lowest BCUT2D eigenvalue weighted by Crippen LogP contribution is -2.29. The molecule has 9 nitrogen and oxygen atoms in total. The molecule has 174 valence electrons. The first kappa shape index (κ1) is 21.1. The second-order valence-electron chi connectivity index (χ2n) is 8.01. The Morgan fingerprint density at radius 3 is 2.69 bits per heavy atom. The molecule has 0 saturated carbocycles. The highest BCUT2D eigenvalue weighted by Gasteiger charge is 2.43. The summed E-state index contributed by atoms with van der Waals surface area (Å²) in [6.45, 7) is 0.166. The Morgan fingerprint density at radius 1 is 1.03 bits per heavy atom. The molecule has 0 radical (unpaired) electrons. The Kier molecular flexibility index (Phi) is 5.07. The van der Waals surface area contributed by atoms with Crippen molar-refractivity contribution in [3.05, 3.63) is 101 Å². The van der Waals surface area contributed by atoms with Gasteiger partial charge in [0, 0.05) is 24.0 Å². The topological polar surface area (TPSA) is 103 Å². The molecule has 2 atom stereocenters. The van der Waals surface area contributed by atoms with Crippen LogP contribution in [0.15, 0.2) is 83.4 Å². The average Bonchev–Trinajstić information content (AvgIpc) is 3.62.